The first-order valence-corrected chi connectivity index (χ1v) is 5.52. The summed E-state index contributed by atoms with van der Waals surface area (Å²) < 4.78 is 13.0. The molecule has 1 amide bonds. The normalized spacial score (nSPS) is 10.4. The number of amides is 1. The molecule has 0 aliphatic carbocycles. The minimum Gasteiger partial charge on any atom is -0.392 e. The van der Waals surface area contributed by atoms with E-state index in [4.69, 9.17) is 18.0 Å². The number of carbonyl (C=O) groups excluding carboxylic acids is 1. The van der Waals surface area contributed by atoms with E-state index in [2.05, 4.69) is 4.98 Å². The van der Waals surface area contributed by atoms with E-state index in [9.17, 15) is 9.18 Å². The molecule has 4 nitrogen and oxygen atoms in total. The number of pyridine rings is 1. The lowest BCUT2D eigenvalue weighted by Gasteiger charge is -2.26. The van der Waals surface area contributed by atoms with E-state index in [1.165, 1.54) is 11.1 Å². The first kappa shape index (κ1) is 13.5. The highest BCUT2D eigenvalue weighted by atomic mass is 32.1. The molecule has 6 heteroatoms. The Hall–Kier alpha value is -1.56. The number of halogens is 1. The van der Waals surface area contributed by atoms with Gasteiger partial charge in [-0.05, 0) is 19.9 Å². The molecular weight excluding hydrogens is 241 g/mol. The fraction of sp³-hybridized carbons (Fsp3) is 0.364. The number of aromatic nitrogens is 1. The molecule has 17 heavy (non-hydrogen) atoms. The quantitative estimate of drug-likeness (QED) is 0.825. The lowest BCUT2D eigenvalue weighted by atomic mass is 10.2. The standard InChI is InChI=1S/C11H14FN3OS/c1-7(2)15(6-10(13)17)11(16)8-3-9(12)5-14-4-8/h3-5,7H,6H2,1-2H3,(H2,13,17). The van der Waals surface area contributed by atoms with E-state index in [-0.39, 0.29) is 29.0 Å². The zero-order chi connectivity index (χ0) is 13.0. The van der Waals surface area contributed by atoms with E-state index in [0.29, 0.717) is 0 Å². The van der Waals surface area contributed by atoms with E-state index >= 15 is 0 Å². The molecule has 0 aliphatic rings. The Labute approximate surface area is 105 Å². The van der Waals surface area contributed by atoms with Crippen molar-refractivity contribution in [3.8, 4) is 0 Å². The van der Waals surface area contributed by atoms with Crippen molar-refractivity contribution in [2.45, 2.75) is 19.9 Å². The van der Waals surface area contributed by atoms with Crippen LogP contribution in [0.1, 0.15) is 24.2 Å². The SMILES string of the molecule is CC(C)N(CC(N)=S)C(=O)c1cncc(F)c1. The summed E-state index contributed by atoms with van der Waals surface area (Å²) in [4.78, 5) is 17.4. The van der Waals surface area contributed by atoms with Crippen molar-refractivity contribution in [3.63, 3.8) is 0 Å². The van der Waals surface area contributed by atoms with Gasteiger partial charge in [-0.15, -0.1) is 0 Å². The predicted molar refractivity (Wildman–Crippen MR) is 67.2 cm³/mol. The number of nitrogens with two attached hydrogens (primary N) is 1. The summed E-state index contributed by atoms with van der Waals surface area (Å²) in [7, 11) is 0. The van der Waals surface area contributed by atoms with Gasteiger partial charge in [0.05, 0.1) is 23.3 Å². The first-order valence-electron chi connectivity index (χ1n) is 5.11. The third-order valence-corrected chi connectivity index (χ3v) is 2.29. The monoisotopic (exact) mass is 255 g/mol. The molecule has 0 saturated heterocycles. The zero-order valence-corrected chi connectivity index (χ0v) is 10.5. The molecule has 0 atom stereocenters. The van der Waals surface area contributed by atoms with Crippen LogP contribution < -0.4 is 5.73 Å². The average molecular weight is 255 g/mol. The maximum absolute atomic E-state index is 13.0. The van der Waals surface area contributed by atoms with Crippen molar-refractivity contribution in [3.05, 3.63) is 29.8 Å². The summed E-state index contributed by atoms with van der Waals surface area (Å²) in [5.74, 6) is -0.880. The van der Waals surface area contributed by atoms with Crippen LogP contribution in [-0.4, -0.2) is 33.4 Å². The second kappa shape index (κ2) is 5.67. The van der Waals surface area contributed by atoms with Gasteiger partial charge in [-0.25, -0.2) is 4.39 Å². The fourth-order valence-corrected chi connectivity index (χ4v) is 1.49. The number of carbonyl (C=O) groups is 1. The Kier molecular flexibility index (Phi) is 4.51. The fourth-order valence-electron chi connectivity index (χ4n) is 1.35. The lowest BCUT2D eigenvalue weighted by Crippen LogP contribution is -2.42. The molecule has 0 aliphatic heterocycles. The summed E-state index contributed by atoms with van der Waals surface area (Å²) in [5.41, 5.74) is 5.61. The minimum atomic E-state index is -0.546. The smallest absolute Gasteiger partial charge is 0.256 e. The van der Waals surface area contributed by atoms with Gasteiger partial charge in [0, 0.05) is 12.2 Å². The first-order chi connectivity index (χ1) is 7.91. The maximum atomic E-state index is 13.0. The highest BCUT2D eigenvalue weighted by Gasteiger charge is 2.19. The molecule has 0 aromatic carbocycles. The Morgan fingerprint density at radius 2 is 2.24 bits per heavy atom. The van der Waals surface area contributed by atoms with E-state index in [1.807, 2.05) is 13.8 Å². The number of hydrogen-bond acceptors (Lipinski definition) is 3. The topological polar surface area (TPSA) is 59.2 Å². The number of thiocarbonyl (C=S) groups is 1. The van der Waals surface area contributed by atoms with Crippen LogP contribution in [0.4, 0.5) is 4.39 Å². The van der Waals surface area contributed by atoms with E-state index < -0.39 is 5.82 Å². The van der Waals surface area contributed by atoms with E-state index in [0.717, 1.165) is 12.3 Å². The van der Waals surface area contributed by atoms with Crippen molar-refractivity contribution >= 4 is 23.1 Å². The Bertz CT molecular complexity index is 436. The molecule has 0 radical (unpaired) electrons. The van der Waals surface area contributed by atoms with Gasteiger partial charge in [0.15, 0.2) is 0 Å². The zero-order valence-electron chi connectivity index (χ0n) is 9.68. The van der Waals surface area contributed by atoms with Crippen LogP contribution in [0.3, 0.4) is 0 Å². The van der Waals surface area contributed by atoms with Gasteiger partial charge in [0.2, 0.25) is 0 Å². The second-order valence-corrected chi connectivity index (χ2v) is 4.41. The van der Waals surface area contributed by atoms with Crippen LogP contribution in [-0.2, 0) is 0 Å². The van der Waals surface area contributed by atoms with Crippen molar-refractivity contribution in [1.29, 1.82) is 0 Å². The predicted octanol–water partition coefficient (Wildman–Crippen LogP) is 1.36. The number of rotatable bonds is 4. The molecule has 0 saturated carbocycles. The lowest BCUT2D eigenvalue weighted by molar-refractivity contribution is 0.0735. The Balaban J connectivity index is 2.95. The van der Waals surface area contributed by atoms with Crippen LogP contribution in [0, 0.1) is 5.82 Å². The highest BCUT2D eigenvalue weighted by Crippen LogP contribution is 2.08. The summed E-state index contributed by atoms with van der Waals surface area (Å²) >= 11 is 4.78. The summed E-state index contributed by atoms with van der Waals surface area (Å²) in [5, 5.41) is 0. The second-order valence-electron chi connectivity index (χ2n) is 3.88. The van der Waals surface area contributed by atoms with Crippen molar-refractivity contribution in [2.75, 3.05) is 6.54 Å². The van der Waals surface area contributed by atoms with Crippen LogP contribution >= 0.6 is 12.2 Å². The Morgan fingerprint density at radius 3 is 2.71 bits per heavy atom. The van der Waals surface area contributed by atoms with Crippen LogP contribution in [0.15, 0.2) is 18.5 Å². The summed E-state index contributed by atoms with van der Waals surface area (Å²) in [6.45, 7) is 3.84. The summed E-state index contributed by atoms with van der Waals surface area (Å²) in [6.07, 6.45) is 2.37. The average Bonchev–Trinajstić information content (AvgIpc) is 2.24. The molecule has 1 heterocycles. The number of nitrogens with zero attached hydrogens (tertiary/aromatic N) is 2. The molecule has 0 spiro atoms. The van der Waals surface area contributed by atoms with Gasteiger partial charge in [0.25, 0.3) is 5.91 Å². The van der Waals surface area contributed by atoms with Gasteiger partial charge in [-0.2, -0.15) is 0 Å². The number of hydrogen-bond donors (Lipinski definition) is 1. The van der Waals surface area contributed by atoms with Crippen LogP contribution in [0.5, 0.6) is 0 Å². The molecule has 1 aromatic heterocycles. The third-order valence-electron chi connectivity index (χ3n) is 2.16. The third kappa shape index (κ3) is 3.74. The molecule has 1 rings (SSSR count). The van der Waals surface area contributed by atoms with Crippen molar-refractivity contribution < 1.29 is 9.18 Å². The molecule has 0 fully saturated rings. The van der Waals surface area contributed by atoms with Gasteiger partial charge >= 0.3 is 0 Å². The molecule has 2 N–H and O–H groups in total. The molecule has 1 aromatic rings. The van der Waals surface area contributed by atoms with E-state index in [1.54, 1.807) is 0 Å². The minimum absolute atomic E-state index is 0.0766. The highest BCUT2D eigenvalue weighted by molar-refractivity contribution is 7.80. The molecule has 0 unspecified atom stereocenters. The largest absolute Gasteiger partial charge is 0.392 e. The van der Waals surface area contributed by atoms with Gasteiger partial charge in [0.1, 0.15) is 5.82 Å². The van der Waals surface area contributed by atoms with Crippen LogP contribution in [0.25, 0.3) is 0 Å². The van der Waals surface area contributed by atoms with Crippen LogP contribution in [0.2, 0.25) is 0 Å². The summed E-state index contributed by atoms with van der Waals surface area (Å²) in [6, 6.07) is 1.07. The van der Waals surface area contributed by atoms with Crippen molar-refractivity contribution in [2.24, 2.45) is 5.73 Å². The van der Waals surface area contributed by atoms with Gasteiger partial charge < -0.3 is 10.6 Å². The molecular formula is C11H14FN3OS. The Morgan fingerprint density at radius 1 is 1.59 bits per heavy atom. The van der Waals surface area contributed by atoms with Gasteiger partial charge in [-0.3, -0.25) is 9.78 Å². The maximum Gasteiger partial charge on any atom is 0.256 e. The molecule has 0 bridgehead atoms. The molecule has 92 valence electrons. The van der Waals surface area contributed by atoms with Crippen molar-refractivity contribution in [1.82, 2.24) is 9.88 Å². The van der Waals surface area contributed by atoms with Gasteiger partial charge in [-0.1, -0.05) is 12.2 Å².